The van der Waals surface area contributed by atoms with E-state index >= 15 is 0 Å². The third-order valence-electron chi connectivity index (χ3n) is 3.63. The van der Waals surface area contributed by atoms with Crippen LogP contribution in [0, 0.1) is 16.0 Å². The zero-order valence-corrected chi connectivity index (χ0v) is 13.1. The lowest BCUT2D eigenvalue weighted by molar-refractivity contribution is -0.385. The molecule has 0 aromatic heterocycles. The number of nitro benzene ring substituents is 1. The number of alkyl halides is 1. The van der Waals surface area contributed by atoms with Crippen molar-refractivity contribution in [3.63, 3.8) is 0 Å². The van der Waals surface area contributed by atoms with Crippen LogP contribution in [0.5, 0.6) is 0 Å². The third kappa shape index (κ3) is 3.70. The van der Waals surface area contributed by atoms with Crippen molar-refractivity contribution < 1.29 is 9.66 Å². The zero-order valence-electron chi connectivity index (χ0n) is 11.5. The average Bonchev–Trinajstić information content (AvgIpc) is 2.47. The molecule has 1 unspecified atom stereocenters. The second-order valence-corrected chi connectivity index (χ2v) is 5.73. The van der Waals surface area contributed by atoms with Gasteiger partial charge in [-0.1, -0.05) is 15.9 Å². The first kappa shape index (κ1) is 15.3. The van der Waals surface area contributed by atoms with E-state index in [1.54, 1.807) is 6.07 Å². The SMILES string of the molecule is CN(CC1CCCOC1)c1ccc([N+](=O)[O-])c(CBr)c1. The van der Waals surface area contributed by atoms with Crippen molar-refractivity contribution in [1.82, 2.24) is 0 Å². The summed E-state index contributed by atoms with van der Waals surface area (Å²) in [5.74, 6) is 0.538. The molecule has 1 aromatic carbocycles. The van der Waals surface area contributed by atoms with Gasteiger partial charge in [-0.05, 0) is 30.9 Å². The lowest BCUT2D eigenvalue weighted by Gasteiger charge is -2.28. The van der Waals surface area contributed by atoms with E-state index in [2.05, 4.69) is 20.8 Å². The van der Waals surface area contributed by atoms with E-state index in [0.717, 1.165) is 31.9 Å². The lowest BCUT2D eigenvalue weighted by atomic mass is 10.0. The summed E-state index contributed by atoms with van der Waals surface area (Å²) in [4.78, 5) is 12.7. The van der Waals surface area contributed by atoms with Crippen LogP contribution in [0.1, 0.15) is 18.4 Å². The van der Waals surface area contributed by atoms with Gasteiger partial charge in [-0.15, -0.1) is 0 Å². The molecule has 20 heavy (non-hydrogen) atoms. The van der Waals surface area contributed by atoms with Crippen LogP contribution in [-0.4, -0.2) is 31.7 Å². The van der Waals surface area contributed by atoms with E-state index in [-0.39, 0.29) is 10.6 Å². The molecule has 0 spiro atoms. The Morgan fingerprint density at radius 1 is 1.55 bits per heavy atom. The first-order chi connectivity index (χ1) is 9.61. The monoisotopic (exact) mass is 342 g/mol. The normalized spacial score (nSPS) is 18.8. The zero-order chi connectivity index (χ0) is 14.5. The molecule has 0 radical (unpaired) electrons. The maximum Gasteiger partial charge on any atom is 0.273 e. The molecule has 1 aliphatic rings. The second kappa shape index (κ2) is 7.04. The highest BCUT2D eigenvalue weighted by Gasteiger charge is 2.18. The summed E-state index contributed by atoms with van der Waals surface area (Å²) in [6.07, 6.45) is 2.30. The molecule has 110 valence electrons. The molecule has 0 N–H and O–H groups in total. The molecule has 5 nitrogen and oxygen atoms in total. The van der Waals surface area contributed by atoms with Gasteiger partial charge in [0.2, 0.25) is 0 Å². The molecule has 0 amide bonds. The fraction of sp³-hybridized carbons (Fsp3) is 0.571. The largest absolute Gasteiger partial charge is 0.381 e. The van der Waals surface area contributed by atoms with Crippen molar-refractivity contribution in [2.24, 2.45) is 5.92 Å². The van der Waals surface area contributed by atoms with Gasteiger partial charge in [-0.3, -0.25) is 10.1 Å². The molecule has 1 fully saturated rings. The number of hydrogen-bond acceptors (Lipinski definition) is 4. The first-order valence-electron chi connectivity index (χ1n) is 6.74. The van der Waals surface area contributed by atoms with Crippen molar-refractivity contribution in [2.75, 3.05) is 31.7 Å². The van der Waals surface area contributed by atoms with E-state index in [0.29, 0.717) is 16.8 Å². The number of halogens is 1. The Kier molecular flexibility index (Phi) is 5.37. The van der Waals surface area contributed by atoms with E-state index < -0.39 is 0 Å². The summed E-state index contributed by atoms with van der Waals surface area (Å²) in [5, 5.41) is 11.4. The second-order valence-electron chi connectivity index (χ2n) is 5.17. The lowest BCUT2D eigenvalue weighted by Crippen LogP contribution is -2.30. The molecule has 1 heterocycles. The molecular formula is C14H19BrN2O3. The number of nitro groups is 1. The Balaban J connectivity index is 2.09. The summed E-state index contributed by atoms with van der Waals surface area (Å²) >= 11 is 3.32. The molecule has 1 saturated heterocycles. The molecule has 0 aliphatic carbocycles. The van der Waals surface area contributed by atoms with Crippen molar-refractivity contribution in [3.05, 3.63) is 33.9 Å². The van der Waals surface area contributed by atoms with Gasteiger partial charge in [0, 0.05) is 42.8 Å². The summed E-state index contributed by atoms with van der Waals surface area (Å²) < 4.78 is 5.49. The van der Waals surface area contributed by atoms with E-state index in [1.807, 2.05) is 19.2 Å². The minimum Gasteiger partial charge on any atom is -0.381 e. The summed E-state index contributed by atoms with van der Waals surface area (Å²) in [6.45, 7) is 2.59. The maximum atomic E-state index is 10.9. The molecular weight excluding hydrogens is 324 g/mol. The van der Waals surface area contributed by atoms with Gasteiger partial charge in [-0.2, -0.15) is 0 Å². The van der Waals surface area contributed by atoms with Crippen molar-refractivity contribution in [3.8, 4) is 0 Å². The number of anilines is 1. The van der Waals surface area contributed by atoms with Crippen molar-refractivity contribution in [2.45, 2.75) is 18.2 Å². The van der Waals surface area contributed by atoms with Crippen LogP contribution >= 0.6 is 15.9 Å². The number of nitrogens with zero attached hydrogens (tertiary/aromatic N) is 2. The van der Waals surface area contributed by atoms with Crippen molar-refractivity contribution >= 4 is 27.3 Å². The van der Waals surface area contributed by atoms with Crippen molar-refractivity contribution in [1.29, 1.82) is 0 Å². The summed E-state index contributed by atoms with van der Waals surface area (Å²) in [6, 6.07) is 5.28. The molecule has 0 bridgehead atoms. The van der Waals surface area contributed by atoms with E-state index in [4.69, 9.17) is 4.74 Å². The number of benzene rings is 1. The van der Waals surface area contributed by atoms with Crippen LogP contribution in [0.25, 0.3) is 0 Å². The van der Waals surface area contributed by atoms with E-state index in [1.165, 1.54) is 6.42 Å². The topological polar surface area (TPSA) is 55.6 Å². The van der Waals surface area contributed by atoms with Gasteiger partial charge >= 0.3 is 0 Å². The fourth-order valence-electron chi connectivity index (χ4n) is 2.54. The minimum atomic E-state index is -0.338. The van der Waals surface area contributed by atoms with Crippen LogP contribution in [0.4, 0.5) is 11.4 Å². The molecule has 1 aromatic rings. The van der Waals surface area contributed by atoms with Gasteiger partial charge < -0.3 is 9.64 Å². The summed E-state index contributed by atoms with van der Waals surface area (Å²) in [7, 11) is 2.02. The molecule has 1 atom stereocenters. The van der Waals surface area contributed by atoms with Crippen LogP contribution in [-0.2, 0) is 10.1 Å². The van der Waals surface area contributed by atoms with Crippen LogP contribution in [0.2, 0.25) is 0 Å². The molecule has 0 saturated carbocycles. The molecule has 6 heteroatoms. The Bertz CT molecular complexity index is 475. The Morgan fingerprint density at radius 2 is 2.35 bits per heavy atom. The predicted octanol–water partition coefficient (Wildman–Crippen LogP) is 3.35. The highest BCUT2D eigenvalue weighted by molar-refractivity contribution is 9.08. The fourth-order valence-corrected chi connectivity index (χ4v) is 2.99. The highest BCUT2D eigenvalue weighted by atomic mass is 79.9. The molecule has 2 rings (SSSR count). The quantitative estimate of drug-likeness (QED) is 0.467. The van der Waals surface area contributed by atoms with Crippen LogP contribution in [0.15, 0.2) is 18.2 Å². The van der Waals surface area contributed by atoms with E-state index in [9.17, 15) is 10.1 Å². The van der Waals surface area contributed by atoms with Crippen LogP contribution < -0.4 is 4.90 Å². The Hall–Kier alpha value is -1.14. The third-order valence-corrected chi connectivity index (χ3v) is 4.24. The summed E-state index contributed by atoms with van der Waals surface area (Å²) in [5.41, 5.74) is 1.88. The maximum absolute atomic E-state index is 10.9. The highest BCUT2D eigenvalue weighted by Crippen LogP contribution is 2.27. The Labute approximate surface area is 127 Å². The smallest absolute Gasteiger partial charge is 0.273 e. The van der Waals surface area contributed by atoms with Gasteiger partial charge in [0.15, 0.2) is 0 Å². The van der Waals surface area contributed by atoms with Gasteiger partial charge in [0.25, 0.3) is 5.69 Å². The van der Waals surface area contributed by atoms with Crippen LogP contribution in [0.3, 0.4) is 0 Å². The van der Waals surface area contributed by atoms with Gasteiger partial charge in [-0.25, -0.2) is 0 Å². The molecule has 1 aliphatic heterocycles. The minimum absolute atomic E-state index is 0.167. The van der Waals surface area contributed by atoms with Gasteiger partial charge in [0.1, 0.15) is 0 Å². The first-order valence-corrected chi connectivity index (χ1v) is 7.86. The average molecular weight is 343 g/mol. The standard InChI is InChI=1S/C14H19BrN2O3/c1-16(9-11-3-2-6-20-10-11)13-4-5-14(17(18)19)12(7-13)8-15/h4-5,7,11H,2-3,6,8-10H2,1H3. The number of hydrogen-bond donors (Lipinski definition) is 0. The predicted molar refractivity (Wildman–Crippen MR) is 82.5 cm³/mol. The van der Waals surface area contributed by atoms with Gasteiger partial charge in [0.05, 0.1) is 11.5 Å². The number of ether oxygens (including phenoxy) is 1. The Morgan fingerprint density at radius 3 is 2.95 bits per heavy atom. The number of rotatable bonds is 5.